The Morgan fingerprint density at radius 3 is 2.40 bits per heavy atom. The maximum atomic E-state index is 10.6. The van der Waals surface area contributed by atoms with E-state index in [0.717, 1.165) is 11.8 Å². The van der Waals surface area contributed by atoms with Crippen molar-refractivity contribution in [3.8, 4) is 0 Å². The molecule has 1 heterocycles. The molecule has 0 aromatic heterocycles. The van der Waals surface area contributed by atoms with Crippen LogP contribution in [0.2, 0.25) is 0 Å². The zero-order valence-electron chi connectivity index (χ0n) is 11.0. The molecule has 1 saturated heterocycles. The number of carboxylic acid groups (broad SMARTS) is 1. The Morgan fingerprint density at radius 1 is 1.30 bits per heavy atom. The van der Waals surface area contributed by atoms with E-state index in [9.17, 15) is 25.2 Å². The lowest BCUT2D eigenvalue weighted by Gasteiger charge is -2.41. The van der Waals surface area contributed by atoms with Crippen molar-refractivity contribution in [3.05, 3.63) is 0 Å². The van der Waals surface area contributed by atoms with Crippen molar-refractivity contribution < 1.29 is 35.1 Å². The van der Waals surface area contributed by atoms with Gasteiger partial charge in [0.15, 0.2) is 0 Å². The van der Waals surface area contributed by atoms with E-state index in [-0.39, 0.29) is 12.2 Å². The van der Waals surface area contributed by atoms with Crippen LogP contribution in [0.3, 0.4) is 0 Å². The molecule has 0 bridgehead atoms. The lowest BCUT2D eigenvalue weighted by Crippen LogP contribution is -2.57. The normalized spacial score (nSPS) is 37.4. The Morgan fingerprint density at radius 2 is 1.90 bits per heavy atom. The molecule has 0 radical (unpaired) electrons. The predicted octanol–water partition coefficient (Wildman–Crippen LogP) is -2.29. The van der Waals surface area contributed by atoms with Crippen LogP contribution >= 0.6 is 11.8 Å². The van der Waals surface area contributed by atoms with Gasteiger partial charge in [-0.1, -0.05) is 0 Å². The summed E-state index contributed by atoms with van der Waals surface area (Å²) in [4.78, 5) is 10.6. The van der Waals surface area contributed by atoms with Gasteiger partial charge in [0.2, 0.25) is 0 Å². The molecule has 8 nitrogen and oxygen atoms in total. The van der Waals surface area contributed by atoms with E-state index in [1.165, 1.54) is 6.92 Å². The Kier molecular flexibility index (Phi) is 6.65. The molecule has 1 aliphatic heterocycles. The first kappa shape index (κ1) is 17.6. The summed E-state index contributed by atoms with van der Waals surface area (Å²) < 4.78 is 5.42. The quantitative estimate of drug-likeness (QED) is 0.318. The summed E-state index contributed by atoms with van der Waals surface area (Å²) in [5.74, 6) is -1.19. The number of rotatable bonds is 6. The second-order valence-electron chi connectivity index (χ2n) is 4.88. The van der Waals surface area contributed by atoms with Crippen LogP contribution in [-0.2, 0) is 9.53 Å². The number of aliphatic carboxylic acids is 1. The van der Waals surface area contributed by atoms with E-state index in [4.69, 9.17) is 15.6 Å². The van der Waals surface area contributed by atoms with Crippen LogP contribution in [0.15, 0.2) is 0 Å². The van der Waals surface area contributed by atoms with Gasteiger partial charge >= 0.3 is 5.97 Å². The molecule has 1 aliphatic rings. The van der Waals surface area contributed by atoms with E-state index in [1.54, 1.807) is 0 Å². The molecule has 0 aromatic rings. The zero-order valence-corrected chi connectivity index (χ0v) is 11.8. The lowest BCUT2D eigenvalue weighted by molar-refractivity contribution is -0.203. The van der Waals surface area contributed by atoms with Gasteiger partial charge in [0.05, 0.1) is 12.2 Å². The Labute approximate surface area is 120 Å². The molecule has 1 rings (SSSR count). The number of carboxylic acids is 1. The van der Waals surface area contributed by atoms with Crippen LogP contribution in [0, 0.1) is 0 Å². The Bertz CT molecular complexity index is 330. The van der Waals surface area contributed by atoms with Crippen LogP contribution in [0.5, 0.6) is 0 Å². The highest BCUT2D eigenvalue weighted by molar-refractivity contribution is 7.99. The first-order valence-electron chi connectivity index (χ1n) is 6.21. The molecule has 7 atom stereocenters. The number of hydrogen-bond acceptors (Lipinski definition) is 8. The summed E-state index contributed by atoms with van der Waals surface area (Å²) >= 11 is 0.948. The van der Waals surface area contributed by atoms with Gasteiger partial charge in [-0.2, -0.15) is 0 Å². The van der Waals surface area contributed by atoms with E-state index < -0.39 is 48.0 Å². The maximum absolute atomic E-state index is 10.6. The van der Waals surface area contributed by atoms with E-state index >= 15 is 0 Å². The Hall–Kier alpha value is -0.420. The topological polar surface area (TPSA) is 153 Å². The standard InChI is InChI=1S/C11H21NO7S/c1-4(13)2-6-7(14)8(15)9(16)11(19-6)20-3-5(12)10(17)18/h4-9,11,13-16H,2-3,12H2,1H3,(H,17,18). The molecule has 1 fully saturated rings. The molecule has 7 unspecified atom stereocenters. The van der Waals surface area contributed by atoms with Gasteiger partial charge < -0.3 is 36.0 Å². The van der Waals surface area contributed by atoms with Crippen molar-refractivity contribution >= 4 is 17.7 Å². The lowest BCUT2D eigenvalue weighted by atomic mass is 9.96. The van der Waals surface area contributed by atoms with Crippen molar-refractivity contribution in [2.75, 3.05) is 5.75 Å². The number of ether oxygens (including phenoxy) is 1. The summed E-state index contributed by atoms with van der Waals surface area (Å²) in [5.41, 5.74) is 4.43. The van der Waals surface area contributed by atoms with Crippen molar-refractivity contribution in [1.82, 2.24) is 0 Å². The average Bonchev–Trinajstić information content (AvgIpc) is 2.37. The van der Waals surface area contributed by atoms with E-state index in [2.05, 4.69) is 0 Å². The van der Waals surface area contributed by atoms with Gasteiger partial charge in [-0.3, -0.25) is 4.79 Å². The second-order valence-corrected chi connectivity index (χ2v) is 6.01. The van der Waals surface area contributed by atoms with Gasteiger partial charge in [-0.25, -0.2) is 0 Å². The van der Waals surface area contributed by atoms with Gasteiger partial charge in [-0.05, 0) is 6.92 Å². The largest absolute Gasteiger partial charge is 0.480 e. The molecular weight excluding hydrogens is 290 g/mol. The highest BCUT2D eigenvalue weighted by atomic mass is 32.2. The third-order valence-corrected chi connectivity index (χ3v) is 4.27. The fourth-order valence-corrected chi connectivity index (χ4v) is 2.97. The van der Waals surface area contributed by atoms with Crippen LogP contribution in [0.25, 0.3) is 0 Å². The van der Waals surface area contributed by atoms with Gasteiger partial charge in [0.25, 0.3) is 0 Å². The monoisotopic (exact) mass is 311 g/mol. The van der Waals surface area contributed by atoms with Gasteiger partial charge in [0.1, 0.15) is 29.8 Å². The summed E-state index contributed by atoms with van der Waals surface area (Å²) in [5, 5.41) is 47.3. The molecule has 0 spiro atoms. The van der Waals surface area contributed by atoms with Gasteiger partial charge in [0, 0.05) is 12.2 Å². The molecule has 9 heteroatoms. The second kappa shape index (κ2) is 7.55. The van der Waals surface area contributed by atoms with Crippen LogP contribution in [0.1, 0.15) is 13.3 Å². The van der Waals surface area contributed by atoms with Crippen LogP contribution < -0.4 is 5.73 Å². The van der Waals surface area contributed by atoms with Crippen molar-refractivity contribution in [3.63, 3.8) is 0 Å². The maximum Gasteiger partial charge on any atom is 0.321 e. The SMILES string of the molecule is CC(O)CC1OC(SCC(N)C(=O)O)C(O)C(O)C1O. The number of nitrogens with two attached hydrogens (primary N) is 1. The summed E-state index contributed by atoms with van der Waals surface area (Å²) in [7, 11) is 0. The van der Waals surface area contributed by atoms with Gasteiger partial charge in [-0.15, -0.1) is 11.8 Å². The number of thioether (sulfide) groups is 1. The molecule has 0 aromatic carbocycles. The first-order valence-corrected chi connectivity index (χ1v) is 7.26. The minimum absolute atomic E-state index is 0.0126. The molecule has 0 saturated carbocycles. The fraction of sp³-hybridized carbons (Fsp3) is 0.909. The van der Waals surface area contributed by atoms with E-state index in [1.807, 2.05) is 0 Å². The third kappa shape index (κ3) is 4.55. The molecule has 20 heavy (non-hydrogen) atoms. The molecule has 0 amide bonds. The van der Waals surface area contributed by atoms with Crippen molar-refractivity contribution in [1.29, 1.82) is 0 Å². The van der Waals surface area contributed by atoms with E-state index in [0.29, 0.717) is 0 Å². The molecule has 0 aliphatic carbocycles. The van der Waals surface area contributed by atoms with Crippen LogP contribution in [-0.4, -0.2) is 79.3 Å². The van der Waals surface area contributed by atoms with Crippen molar-refractivity contribution in [2.45, 2.75) is 55.3 Å². The average molecular weight is 311 g/mol. The summed E-state index contributed by atoms with van der Waals surface area (Å²) in [6, 6.07) is -1.12. The van der Waals surface area contributed by atoms with Crippen LogP contribution in [0.4, 0.5) is 0 Å². The fourth-order valence-electron chi connectivity index (χ4n) is 1.86. The summed E-state index contributed by atoms with van der Waals surface area (Å²) in [6.07, 6.45) is -5.60. The zero-order chi connectivity index (χ0) is 15.4. The first-order chi connectivity index (χ1) is 9.23. The number of hydrogen-bond donors (Lipinski definition) is 6. The molecule has 7 N–H and O–H groups in total. The summed E-state index contributed by atoms with van der Waals surface area (Å²) in [6.45, 7) is 1.51. The Balaban J connectivity index is 2.63. The number of aliphatic hydroxyl groups excluding tert-OH is 4. The molecular formula is C11H21NO7S. The smallest absolute Gasteiger partial charge is 0.321 e. The number of carbonyl (C=O) groups is 1. The minimum Gasteiger partial charge on any atom is -0.480 e. The minimum atomic E-state index is -1.42. The number of aliphatic hydroxyl groups is 4. The highest BCUT2D eigenvalue weighted by Gasteiger charge is 2.44. The third-order valence-electron chi connectivity index (χ3n) is 3.00. The van der Waals surface area contributed by atoms with Crippen molar-refractivity contribution in [2.24, 2.45) is 5.73 Å². The highest BCUT2D eigenvalue weighted by Crippen LogP contribution is 2.30. The molecule has 118 valence electrons. The predicted molar refractivity (Wildman–Crippen MR) is 71.0 cm³/mol.